The zero-order chi connectivity index (χ0) is 21.0. The van der Waals surface area contributed by atoms with Gasteiger partial charge < -0.3 is 16.2 Å². The Balaban J connectivity index is 1.65. The number of fused-ring (bicyclic) bond motifs is 1. The van der Waals surface area contributed by atoms with Crippen molar-refractivity contribution in [2.75, 3.05) is 24.6 Å². The number of phenolic OH excluding ortho intramolecular Hbond substituents is 1. The van der Waals surface area contributed by atoms with Crippen molar-refractivity contribution in [2.45, 2.75) is 6.54 Å². The minimum absolute atomic E-state index is 0.0546. The highest BCUT2D eigenvalue weighted by atomic mass is 32.2. The van der Waals surface area contributed by atoms with Crippen LogP contribution in [-0.2, 0) is 16.6 Å². The van der Waals surface area contributed by atoms with Crippen molar-refractivity contribution in [3.8, 4) is 17.6 Å². The highest BCUT2D eigenvalue weighted by molar-refractivity contribution is 7.91. The van der Waals surface area contributed by atoms with E-state index in [0.29, 0.717) is 22.8 Å². The number of thiazole rings is 1. The van der Waals surface area contributed by atoms with E-state index in [-0.39, 0.29) is 12.3 Å². The second kappa shape index (κ2) is 8.53. The van der Waals surface area contributed by atoms with E-state index in [4.69, 9.17) is 5.73 Å². The molecule has 0 spiro atoms. The molecule has 1 aromatic heterocycles. The maximum Gasteiger partial charge on any atom is 0.235 e. The van der Waals surface area contributed by atoms with Gasteiger partial charge in [-0.25, -0.2) is 13.4 Å². The van der Waals surface area contributed by atoms with E-state index in [0.717, 1.165) is 21.4 Å². The highest BCUT2D eigenvalue weighted by Gasteiger charge is 2.13. The van der Waals surface area contributed by atoms with Gasteiger partial charge in [-0.15, -0.1) is 0 Å². The Morgan fingerprint density at radius 2 is 2.17 bits per heavy atom. The number of anilines is 2. The van der Waals surface area contributed by atoms with Crippen LogP contribution in [0.3, 0.4) is 0 Å². The zero-order valence-corrected chi connectivity index (χ0v) is 17.3. The Bertz CT molecular complexity index is 1220. The van der Waals surface area contributed by atoms with Crippen LogP contribution in [0.5, 0.6) is 5.75 Å². The van der Waals surface area contributed by atoms with Crippen LogP contribution in [0.2, 0.25) is 0 Å². The minimum atomic E-state index is -3.46. The molecule has 0 fully saturated rings. The molecular formula is C20H20N4O3S2. The van der Waals surface area contributed by atoms with Crippen LogP contribution in [0.1, 0.15) is 11.1 Å². The van der Waals surface area contributed by atoms with Crippen LogP contribution in [0.4, 0.5) is 10.8 Å². The van der Waals surface area contributed by atoms with Crippen LogP contribution in [0.15, 0.2) is 48.4 Å². The molecule has 3 rings (SSSR count). The molecule has 0 aliphatic heterocycles. The molecule has 0 radical (unpaired) electrons. The zero-order valence-electron chi connectivity index (χ0n) is 15.7. The highest BCUT2D eigenvalue weighted by Crippen LogP contribution is 2.31. The Labute approximate surface area is 173 Å². The number of benzene rings is 2. The number of nitrogens with two attached hydrogens (primary N) is 1. The number of hydrogen-bond donors (Lipinski definition) is 3. The van der Waals surface area contributed by atoms with Gasteiger partial charge >= 0.3 is 0 Å². The lowest BCUT2D eigenvalue weighted by atomic mass is 10.2. The average Bonchev–Trinajstić information content (AvgIpc) is 3.06. The van der Waals surface area contributed by atoms with Crippen molar-refractivity contribution < 1.29 is 13.5 Å². The van der Waals surface area contributed by atoms with Crippen LogP contribution in [0.25, 0.3) is 10.2 Å². The van der Waals surface area contributed by atoms with E-state index < -0.39 is 10.0 Å². The number of nitrogen functional groups attached to an aromatic ring is 1. The van der Waals surface area contributed by atoms with Gasteiger partial charge in [0.25, 0.3) is 0 Å². The Morgan fingerprint density at radius 3 is 2.93 bits per heavy atom. The van der Waals surface area contributed by atoms with Gasteiger partial charge in [-0.1, -0.05) is 41.9 Å². The molecule has 4 N–H and O–H groups in total. The second-order valence-corrected chi connectivity index (χ2v) is 9.27. The summed E-state index contributed by atoms with van der Waals surface area (Å²) in [7, 11) is -1.95. The van der Waals surface area contributed by atoms with E-state index in [1.54, 1.807) is 6.07 Å². The normalized spacial score (nSPS) is 11.2. The summed E-state index contributed by atoms with van der Waals surface area (Å²) in [6.45, 7) is 3.95. The maximum absolute atomic E-state index is 11.8. The van der Waals surface area contributed by atoms with E-state index in [9.17, 15) is 13.5 Å². The summed E-state index contributed by atoms with van der Waals surface area (Å²) >= 11 is 1.30. The fraction of sp³-hybridized carbons (Fsp3) is 0.150. The SMILES string of the molecule is C=CS(=O)(=O)N(C)Cc1cccc(NCC#Cc2cc(O)c3nc(N)sc3c2)c1. The first-order valence-electron chi connectivity index (χ1n) is 8.58. The number of aromatic nitrogens is 1. The number of aromatic hydroxyl groups is 1. The maximum atomic E-state index is 11.8. The molecule has 0 unspecified atom stereocenters. The van der Waals surface area contributed by atoms with Gasteiger partial charge in [-0.2, -0.15) is 4.31 Å². The van der Waals surface area contributed by atoms with E-state index in [1.165, 1.54) is 22.7 Å². The molecule has 9 heteroatoms. The van der Waals surface area contributed by atoms with Crippen molar-refractivity contribution in [1.82, 2.24) is 9.29 Å². The van der Waals surface area contributed by atoms with Gasteiger partial charge in [0.2, 0.25) is 10.0 Å². The van der Waals surface area contributed by atoms with Gasteiger partial charge in [0, 0.05) is 30.3 Å². The predicted octanol–water partition coefficient (Wildman–Crippen LogP) is 2.95. The molecule has 2 aromatic carbocycles. The van der Waals surface area contributed by atoms with Crippen molar-refractivity contribution in [2.24, 2.45) is 0 Å². The molecule has 0 aliphatic rings. The van der Waals surface area contributed by atoms with Gasteiger partial charge in [0.15, 0.2) is 5.13 Å². The molecule has 0 amide bonds. The molecule has 0 saturated heterocycles. The molecule has 3 aromatic rings. The topological polar surface area (TPSA) is 109 Å². The van der Waals surface area contributed by atoms with E-state index in [1.807, 2.05) is 30.3 Å². The summed E-state index contributed by atoms with van der Waals surface area (Å²) < 4.78 is 25.6. The predicted molar refractivity (Wildman–Crippen MR) is 118 cm³/mol. The van der Waals surface area contributed by atoms with Crippen LogP contribution in [-0.4, -0.2) is 36.4 Å². The quantitative estimate of drug-likeness (QED) is 0.521. The smallest absolute Gasteiger partial charge is 0.235 e. The number of rotatable bonds is 6. The molecule has 1 heterocycles. The van der Waals surface area contributed by atoms with E-state index in [2.05, 4.69) is 28.7 Å². The van der Waals surface area contributed by atoms with E-state index >= 15 is 0 Å². The molecule has 150 valence electrons. The van der Waals surface area contributed by atoms with Crippen molar-refractivity contribution >= 4 is 42.4 Å². The Morgan fingerprint density at radius 1 is 1.38 bits per heavy atom. The minimum Gasteiger partial charge on any atom is -0.506 e. The van der Waals surface area contributed by atoms with Gasteiger partial charge in [0.05, 0.1) is 11.2 Å². The average molecular weight is 429 g/mol. The summed E-state index contributed by atoms with van der Waals surface area (Å²) in [5.41, 5.74) is 8.50. The third-order valence-electron chi connectivity index (χ3n) is 4.08. The lowest BCUT2D eigenvalue weighted by molar-refractivity contribution is 0.475. The lowest BCUT2D eigenvalue weighted by Crippen LogP contribution is -2.24. The first-order valence-corrected chi connectivity index (χ1v) is 10.9. The third-order valence-corrected chi connectivity index (χ3v) is 6.33. The number of hydrogen-bond acceptors (Lipinski definition) is 7. The fourth-order valence-corrected chi connectivity index (χ4v) is 4.03. The first kappa shape index (κ1) is 20.7. The number of nitrogens with zero attached hydrogens (tertiary/aromatic N) is 2. The Kier molecular flexibility index (Phi) is 6.08. The summed E-state index contributed by atoms with van der Waals surface area (Å²) in [6, 6.07) is 10.8. The molecule has 0 atom stereocenters. The van der Waals surface area contributed by atoms with Crippen molar-refractivity contribution in [3.05, 3.63) is 59.5 Å². The summed E-state index contributed by atoms with van der Waals surface area (Å²) in [5.74, 6) is 6.06. The molecule has 0 bridgehead atoms. The number of sulfonamides is 1. The number of phenols is 1. The summed E-state index contributed by atoms with van der Waals surface area (Å²) in [4.78, 5) is 4.08. The standard InChI is InChI=1S/C20H20N4O3S2/c1-3-29(26,27)24(2)13-15-6-4-8-16(10-15)22-9-5-7-14-11-17(25)19-18(12-14)28-20(21)23-19/h3-4,6,8,10-12,22,25H,1,9,13H2,2H3,(H2,21,23). The summed E-state index contributed by atoms with van der Waals surface area (Å²) in [6.07, 6.45) is 0. The van der Waals surface area contributed by atoms with Crippen molar-refractivity contribution in [1.29, 1.82) is 0 Å². The van der Waals surface area contributed by atoms with Crippen LogP contribution >= 0.6 is 11.3 Å². The summed E-state index contributed by atoms with van der Waals surface area (Å²) in [5, 5.41) is 14.5. The van der Waals surface area contributed by atoms with Crippen LogP contribution in [0, 0.1) is 11.8 Å². The molecule has 0 saturated carbocycles. The fourth-order valence-electron chi connectivity index (χ4n) is 2.65. The molecular weight excluding hydrogens is 408 g/mol. The van der Waals surface area contributed by atoms with Crippen molar-refractivity contribution in [3.63, 3.8) is 0 Å². The van der Waals surface area contributed by atoms with Crippen LogP contribution < -0.4 is 11.1 Å². The third kappa shape index (κ3) is 5.06. The molecule has 7 nitrogen and oxygen atoms in total. The van der Waals surface area contributed by atoms with Gasteiger partial charge in [-0.3, -0.25) is 0 Å². The molecule has 29 heavy (non-hydrogen) atoms. The number of nitrogens with one attached hydrogen (secondary N) is 1. The monoisotopic (exact) mass is 428 g/mol. The second-order valence-electron chi connectivity index (χ2n) is 6.22. The van der Waals surface area contributed by atoms with Gasteiger partial charge in [-0.05, 0) is 29.8 Å². The first-order chi connectivity index (χ1) is 13.8. The Hall–Kier alpha value is -3.06. The molecule has 0 aliphatic carbocycles. The lowest BCUT2D eigenvalue weighted by Gasteiger charge is -2.15. The largest absolute Gasteiger partial charge is 0.506 e. The van der Waals surface area contributed by atoms with Gasteiger partial charge in [0.1, 0.15) is 11.3 Å².